The summed E-state index contributed by atoms with van der Waals surface area (Å²) < 4.78 is 19.9. The molecule has 3 aromatic rings. The maximum Gasteiger partial charge on any atom is 0.295 e. The van der Waals surface area contributed by atoms with E-state index in [1.165, 1.54) is 30.2 Å². The van der Waals surface area contributed by atoms with Gasteiger partial charge in [-0.2, -0.15) is 0 Å². The summed E-state index contributed by atoms with van der Waals surface area (Å²) in [6.45, 7) is 0.0610. The summed E-state index contributed by atoms with van der Waals surface area (Å²) in [6, 6.07) is 14.7. The fraction of sp³-hybridized carbons (Fsp3) is 0.125. The zero-order chi connectivity index (χ0) is 22.0. The largest absolute Gasteiger partial charge is 0.507 e. The third-order valence-electron chi connectivity index (χ3n) is 5.21. The first-order chi connectivity index (χ1) is 15.0. The predicted molar refractivity (Wildman–Crippen MR) is 111 cm³/mol. The summed E-state index contributed by atoms with van der Waals surface area (Å²) in [4.78, 5) is 31.1. The number of Topliss-reactive ketones (excluding diaryl/α,β-unsaturated/α-hetero) is 1. The van der Waals surface area contributed by atoms with Gasteiger partial charge >= 0.3 is 0 Å². The number of ether oxygens (including phenoxy) is 1. The molecule has 0 saturated carbocycles. The maximum absolute atomic E-state index is 14.8. The van der Waals surface area contributed by atoms with Gasteiger partial charge in [0.15, 0.2) is 0 Å². The van der Waals surface area contributed by atoms with Gasteiger partial charge in [0.1, 0.15) is 17.3 Å². The number of hydrogen-bond acceptors (Lipinski definition) is 5. The first-order valence-corrected chi connectivity index (χ1v) is 9.57. The molecule has 0 radical (unpaired) electrons. The Morgan fingerprint density at radius 3 is 2.39 bits per heavy atom. The highest BCUT2D eigenvalue weighted by atomic mass is 19.1. The highest BCUT2D eigenvalue weighted by molar-refractivity contribution is 6.46. The molecule has 1 aromatic heterocycles. The van der Waals surface area contributed by atoms with E-state index in [1.54, 1.807) is 54.9 Å². The number of rotatable bonds is 5. The molecule has 7 heteroatoms. The Balaban J connectivity index is 1.86. The minimum absolute atomic E-state index is 0.0610. The van der Waals surface area contributed by atoms with Gasteiger partial charge in [0.2, 0.25) is 0 Å². The normalized spacial score (nSPS) is 17.7. The summed E-state index contributed by atoms with van der Waals surface area (Å²) in [6.07, 6.45) is 3.14. The summed E-state index contributed by atoms with van der Waals surface area (Å²) in [7, 11) is 1.51. The van der Waals surface area contributed by atoms with Gasteiger partial charge in [0, 0.05) is 30.1 Å². The number of methoxy groups -OCH3 is 1. The van der Waals surface area contributed by atoms with Gasteiger partial charge in [0.25, 0.3) is 11.7 Å². The second-order valence-corrected chi connectivity index (χ2v) is 7.03. The number of aromatic nitrogens is 1. The van der Waals surface area contributed by atoms with E-state index in [2.05, 4.69) is 4.98 Å². The molecule has 6 nitrogen and oxygen atoms in total. The van der Waals surface area contributed by atoms with Gasteiger partial charge in [-0.3, -0.25) is 14.6 Å². The van der Waals surface area contributed by atoms with E-state index in [1.807, 2.05) is 0 Å². The van der Waals surface area contributed by atoms with Gasteiger partial charge in [-0.15, -0.1) is 0 Å². The Kier molecular flexibility index (Phi) is 5.49. The molecule has 4 rings (SSSR count). The lowest BCUT2D eigenvalue weighted by atomic mass is 9.94. The van der Waals surface area contributed by atoms with Crippen LogP contribution in [0.4, 0.5) is 4.39 Å². The van der Waals surface area contributed by atoms with Crippen molar-refractivity contribution in [3.8, 4) is 5.75 Å². The highest BCUT2D eigenvalue weighted by Gasteiger charge is 2.46. The molecule has 1 saturated heterocycles. The number of carbonyl (C=O) groups is 2. The van der Waals surface area contributed by atoms with Crippen molar-refractivity contribution < 1.29 is 23.8 Å². The van der Waals surface area contributed by atoms with Gasteiger partial charge in [0.05, 0.1) is 18.7 Å². The number of likely N-dealkylation sites (tertiary alicyclic amines) is 1. The Bertz CT molecular complexity index is 1160. The molecular formula is C24H19FN2O4. The van der Waals surface area contributed by atoms with Crippen LogP contribution in [0.15, 0.2) is 78.6 Å². The van der Waals surface area contributed by atoms with E-state index < -0.39 is 23.5 Å². The van der Waals surface area contributed by atoms with Crippen molar-refractivity contribution in [2.75, 3.05) is 7.11 Å². The van der Waals surface area contributed by atoms with Crippen molar-refractivity contribution in [2.45, 2.75) is 12.6 Å². The van der Waals surface area contributed by atoms with E-state index in [0.717, 1.165) is 5.56 Å². The quantitative estimate of drug-likeness (QED) is 0.387. The summed E-state index contributed by atoms with van der Waals surface area (Å²) in [5.74, 6) is -2.04. The number of hydrogen-bond donors (Lipinski definition) is 1. The number of aliphatic hydroxyl groups is 1. The lowest BCUT2D eigenvalue weighted by Gasteiger charge is -2.25. The fourth-order valence-electron chi connectivity index (χ4n) is 3.65. The molecule has 31 heavy (non-hydrogen) atoms. The third kappa shape index (κ3) is 3.77. The second-order valence-electron chi connectivity index (χ2n) is 7.03. The topological polar surface area (TPSA) is 79.7 Å². The number of carbonyl (C=O) groups excluding carboxylic acids is 2. The fourth-order valence-corrected chi connectivity index (χ4v) is 3.65. The van der Waals surface area contributed by atoms with Crippen molar-refractivity contribution in [1.82, 2.24) is 9.88 Å². The monoisotopic (exact) mass is 418 g/mol. The smallest absolute Gasteiger partial charge is 0.295 e. The Morgan fingerprint density at radius 2 is 1.74 bits per heavy atom. The molecule has 0 unspecified atom stereocenters. The summed E-state index contributed by atoms with van der Waals surface area (Å²) in [5.41, 5.74) is 1.02. The van der Waals surface area contributed by atoms with Crippen LogP contribution >= 0.6 is 0 Å². The molecule has 2 aromatic carbocycles. The van der Waals surface area contributed by atoms with Crippen LogP contribution in [0.25, 0.3) is 5.76 Å². The van der Waals surface area contributed by atoms with Crippen LogP contribution in [0.1, 0.15) is 22.7 Å². The lowest BCUT2D eigenvalue weighted by Crippen LogP contribution is -2.29. The Morgan fingerprint density at radius 1 is 1.06 bits per heavy atom. The molecule has 0 bridgehead atoms. The molecule has 1 atom stereocenters. The van der Waals surface area contributed by atoms with Crippen molar-refractivity contribution in [3.63, 3.8) is 0 Å². The molecule has 1 N–H and O–H groups in total. The minimum Gasteiger partial charge on any atom is -0.507 e. The highest BCUT2D eigenvalue weighted by Crippen LogP contribution is 2.41. The van der Waals surface area contributed by atoms with Crippen molar-refractivity contribution in [1.29, 1.82) is 0 Å². The Hall–Kier alpha value is -4.00. The minimum atomic E-state index is -1.07. The molecule has 156 valence electrons. The van der Waals surface area contributed by atoms with Gasteiger partial charge < -0.3 is 14.7 Å². The van der Waals surface area contributed by atoms with Crippen LogP contribution < -0.4 is 4.74 Å². The average Bonchev–Trinajstić information content (AvgIpc) is 3.04. The van der Waals surface area contributed by atoms with Crippen LogP contribution in [-0.2, 0) is 16.1 Å². The second kappa shape index (κ2) is 8.39. The SMILES string of the molecule is COc1ccc(/C(O)=C2\C(=O)C(=O)N(Cc3ccncc3)[C@H]2c2ccccc2F)cc1. The van der Waals surface area contributed by atoms with Crippen LogP contribution in [0.2, 0.25) is 0 Å². The van der Waals surface area contributed by atoms with E-state index in [4.69, 9.17) is 4.74 Å². The van der Waals surface area contributed by atoms with Gasteiger partial charge in [-0.05, 0) is 48.0 Å². The number of amides is 1. The zero-order valence-electron chi connectivity index (χ0n) is 16.7. The van der Waals surface area contributed by atoms with Gasteiger partial charge in [-0.25, -0.2) is 4.39 Å². The number of benzene rings is 2. The number of halogens is 1. The number of aliphatic hydroxyl groups excluding tert-OH is 1. The summed E-state index contributed by atoms with van der Waals surface area (Å²) >= 11 is 0. The average molecular weight is 418 g/mol. The summed E-state index contributed by atoms with van der Waals surface area (Å²) in [5, 5.41) is 11.0. The zero-order valence-corrected chi connectivity index (χ0v) is 16.7. The third-order valence-corrected chi connectivity index (χ3v) is 5.21. The first-order valence-electron chi connectivity index (χ1n) is 9.57. The van der Waals surface area contributed by atoms with Gasteiger partial charge in [-0.1, -0.05) is 18.2 Å². The van der Waals surface area contributed by atoms with Crippen LogP contribution in [-0.4, -0.2) is 33.8 Å². The van der Waals surface area contributed by atoms with Crippen LogP contribution in [0.5, 0.6) is 5.75 Å². The first kappa shape index (κ1) is 20.3. The maximum atomic E-state index is 14.8. The predicted octanol–water partition coefficient (Wildman–Crippen LogP) is 3.85. The molecule has 0 aliphatic carbocycles. The molecule has 0 spiro atoms. The molecule has 2 heterocycles. The molecule has 1 aliphatic heterocycles. The lowest BCUT2D eigenvalue weighted by molar-refractivity contribution is -0.140. The number of nitrogens with zero attached hydrogens (tertiary/aromatic N) is 2. The van der Waals surface area contributed by atoms with Crippen LogP contribution in [0, 0.1) is 5.82 Å². The van der Waals surface area contributed by atoms with Crippen LogP contribution in [0.3, 0.4) is 0 Å². The van der Waals surface area contributed by atoms with E-state index in [9.17, 15) is 19.1 Å². The van der Waals surface area contributed by atoms with Crippen molar-refractivity contribution in [3.05, 3.63) is 101 Å². The van der Waals surface area contributed by atoms with E-state index >= 15 is 0 Å². The molecular weight excluding hydrogens is 399 g/mol. The van der Waals surface area contributed by atoms with Crippen molar-refractivity contribution >= 4 is 17.4 Å². The standard InChI is InChI=1S/C24H19FN2O4/c1-31-17-8-6-16(7-9-17)22(28)20-21(18-4-2-3-5-19(18)25)27(24(30)23(20)29)14-15-10-12-26-13-11-15/h2-13,21,28H,14H2,1H3/b22-20+/t21-/m0/s1. The van der Waals surface area contributed by atoms with E-state index in [-0.39, 0.29) is 23.4 Å². The van der Waals surface area contributed by atoms with Crippen molar-refractivity contribution in [2.24, 2.45) is 0 Å². The Labute approximate surface area is 178 Å². The molecule has 1 fully saturated rings. The number of pyridine rings is 1. The molecule has 1 aliphatic rings. The molecule has 1 amide bonds. The number of ketones is 1. The van der Waals surface area contributed by atoms with E-state index in [0.29, 0.717) is 11.3 Å².